The van der Waals surface area contributed by atoms with Crippen LogP contribution in [-0.4, -0.2) is 15.9 Å². The number of hydrogen-bond donors (Lipinski definition) is 1. The van der Waals surface area contributed by atoms with Gasteiger partial charge in [-0.3, -0.25) is 4.79 Å². The van der Waals surface area contributed by atoms with Gasteiger partial charge in [0.1, 0.15) is 12.4 Å². The van der Waals surface area contributed by atoms with Gasteiger partial charge in [0.25, 0.3) is 5.91 Å². The van der Waals surface area contributed by atoms with Crippen LogP contribution in [0.15, 0.2) is 60.8 Å². The number of ether oxygens (including phenoxy) is 1. The first kappa shape index (κ1) is 16.5. The predicted octanol–water partition coefficient (Wildman–Crippen LogP) is 3.59. The smallest absolute Gasteiger partial charge is 0.318 e. The molecular weight excluding hydrogens is 328 g/mol. The number of nitrogens with one attached hydrogen (secondary N) is 1. The second kappa shape index (κ2) is 7.48. The summed E-state index contributed by atoms with van der Waals surface area (Å²) >= 11 is 0. The summed E-state index contributed by atoms with van der Waals surface area (Å²) in [6.45, 7) is 0.0813. The quantitative estimate of drug-likeness (QED) is 0.770. The zero-order valence-electron chi connectivity index (χ0n) is 12.9. The summed E-state index contributed by atoms with van der Waals surface area (Å²) in [4.78, 5) is 19.6. The van der Waals surface area contributed by atoms with Gasteiger partial charge >= 0.3 is 6.01 Å². The maximum Gasteiger partial charge on any atom is 0.318 e. The van der Waals surface area contributed by atoms with Crippen molar-refractivity contribution < 1.29 is 18.3 Å². The van der Waals surface area contributed by atoms with Crippen LogP contribution in [0.25, 0.3) is 0 Å². The van der Waals surface area contributed by atoms with Gasteiger partial charge < -0.3 is 10.1 Å². The molecule has 1 N–H and O–H groups in total. The molecule has 25 heavy (non-hydrogen) atoms. The predicted molar refractivity (Wildman–Crippen MR) is 87.1 cm³/mol. The van der Waals surface area contributed by atoms with Crippen molar-refractivity contribution in [3.63, 3.8) is 0 Å². The summed E-state index contributed by atoms with van der Waals surface area (Å²) < 4.78 is 32.0. The summed E-state index contributed by atoms with van der Waals surface area (Å²) in [6, 6.07) is 14.0. The highest BCUT2D eigenvalue weighted by molar-refractivity contribution is 6.03. The van der Waals surface area contributed by atoms with E-state index in [4.69, 9.17) is 4.74 Å². The highest BCUT2D eigenvalue weighted by Gasteiger charge is 2.12. The normalized spacial score (nSPS) is 10.3. The molecule has 0 fully saturated rings. The van der Waals surface area contributed by atoms with Gasteiger partial charge in [0.05, 0.1) is 6.20 Å². The number of benzene rings is 2. The molecule has 3 aromatic rings. The van der Waals surface area contributed by atoms with E-state index in [1.54, 1.807) is 42.5 Å². The van der Waals surface area contributed by atoms with Crippen LogP contribution in [-0.2, 0) is 6.61 Å². The lowest BCUT2D eigenvalue weighted by atomic mass is 10.2. The molecule has 1 aromatic heterocycles. The largest absolute Gasteiger partial charge is 0.459 e. The summed E-state index contributed by atoms with van der Waals surface area (Å²) in [7, 11) is 0. The van der Waals surface area contributed by atoms with Crippen LogP contribution in [0.4, 0.5) is 14.6 Å². The Morgan fingerprint density at radius 1 is 1.04 bits per heavy atom. The van der Waals surface area contributed by atoms with Gasteiger partial charge in [-0.1, -0.05) is 30.3 Å². The van der Waals surface area contributed by atoms with Crippen molar-refractivity contribution in [2.24, 2.45) is 0 Å². The van der Waals surface area contributed by atoms with E-state index in [9.17, 15) is 13.6 Å². The molecule has 7 heteroatoms. The van der Waals surface area contributed by atoms with Crippen molar-refractivity contribution in [1.29, 1.82) is 0 Å². The number of amides is 1. The summed E-state index contributed by atoms with van der Waals surface area (Å²) in [5.41, 5.74) is 1.07. The van der Waals surface area contributed by atoms with Crippen LogP contribution in [0.2, 0.25) is 0 Å². The number of hydrogen-bond acceptors (Lipinski definition) is 4. The average molecular weight is 341 g/mol. The van der Waals surface area contributed by atoms with Crippen molar-refractivity contribution in [2.45, 2.75) is 6.61 Å². The minimum absolute atomic E-state index is 0.0813. The summed E-state index contributed by atoms with van der Waals surface area (Å²) in [5, 5.41) is 2.38. The molecule has 126 valence electrons. The number of carbonyl (C=O) groups is 1. The standard InChI is InChI=1S/C18H13F2N3O2/c19-14-8-6-12(7-9-14)11-25-18-21-10-15(20)16(23-18)22-17(24)13-4-2-1-3-5-13/h1-10H,11H2,(H,21,22,23,24). The van der Waals surface area contributed by atoms with Crippen LogP contribution in [0, 0.1) is 11.6 Å². The molecule has 1 heterocycles. The number of anilines is 1. The highest BCUT2D eigenvalue weighted by Crippen LogP contribution is 2.16. The van der Waals surface area contributed by atoms with E-state index in [0.29, 0.717) is 11.1 Å². The second-order valence-electron chi connectivity index (χ2n) is 5.08. The van der Waals surface area contributed by atoms with Crippen LogP contribution >= 0.6 is 0 Å². The fourth-order valence-electron chi connectivity index (χ4n) is 2.01. The minimum Gasteiger partial charge on any atom is -0.459 e. The molecule has 5 nitrogen and oxygen atoms in total. The van der Waals surface area contributed by atoms with Crippen molar-refractivity contribution in [3.05, 3.63) is 83.6 Å². The Balaban J connectivity index is 1.69. The Hall–Kier alpha value is -3.35. The zero-order chi connectivity index (χ0) is 17.6. The number of aromatic nitrogens is 2. The van der Waals surface area contributed by atoms with Gasteiger partial charge in [-0.05, 0) is 29.8 Å². The molecule has 0 spiro atoms. The SMILES string of the molecule is O=C(Nc1nc(OCc2ccc(F)cc2)ncc1F)c1ccccc1. The summed E-state index contributed by atoms with van der Waals surface area (Å²) in [6.07, 6.45) is 0.910. The van der Waals surface area contributed by atoms with E-state index in [-0.39, 0.29) is 24.3 Å². The molecule has 0 aliphatic carbocycles. The van der Waals surface area contributed by atoms with E-state index < -0.39 is 11.7 Å². The second-order valence-corrected chi connectivity index (χ2v) is 5.08. The van der Waals surface area contributed by atoms with E-state index in [1.165, 1.54) is 12.1 Å². The molecule has 0 aliphatic heterocycles. The van der Waals surface area contributed by atoms with Crippen molar-refractivity contribution in [3.8, 4) is 6.01 Å². The lowest BCUT2D eigenvalue weighted by Gasteiger charge is -2.08. The Morgan fingerprint density at radius 2 is 1.76 bits per heavy atom. The third-order valence-corrected chi connectivity index (χ3v) is 3.27. The first-order valence-electron chi connectivity index (χ1n) is 7.38. The Bertz CT molecular complexity index is 871. The van der Waals surface area contributed by atoms with Crippen LogP contribution < -0.4 is 10.1 Å². The third kappa shape index (κ3) is 4.35. The maximum atomic E-state index is 13.8. The number of nitrogens with zero attached hydrogens (tertiary/aromatic N) is 2. The first-order valence-corrected chi connectivity index (χ1v) is 7.38. The van der Waals surface area contributed by atoms with Crippen molar-refractivity contribution in [2.75, 3.05) is 5.32 Å². The van der Waals surface area contributed by atoms with Gasteiger partial charge in [-0.25, -0.2) is 13.8 Å². The molecule has 0 unspecified atom stereocenters. The number of rotatable bonds is 5. The monoisotopic (exact) mass is 341 g/mol. The molecule has 0 radical (unpaired) electrons. The fraction of sp³-hybridized carbons (Fsp3) is 0.0556. The van der Waals surface area contributed by atoms with Crippen molar-refractivity contribution >= 4 is 11.7 Å². The molecule has 0 atom stereocenters. The van der Waals surface area contributed by atoms with Gasteiger partial charge in [-0.15, -0.1) is 0 Å². The molecular formula is C18H13F2N3O2. The van der Waals surface area contributed by atoms with Crippen LogP contribution in [0.3, 0.4) is 0 Å². The minimum atomic E-state index is -0.779. The lowest BCUT2D eigenvalue weighted by molar-refractivity contribution is 0.102. The molecule has 0 aliphatic rings. The van der Waals surface area contributed by atoms with Gasteiger partial charge in [-0.2, -0.15) is 4.98 Å². The third-order valence-electron chi connectivity index (χ3n) is 3.27. The van der Waals surface area contributed by atoms with E-state index in [0.717, 1.165) is 6.20 Å². The van der Waals surface area contributed by atoms with E-state index in [2.05, 4.69) is 15.3 Å². The van der Waals surface area contributed by atoms with Gasteiger partial charge in [0.15, 0.2) is 11.6 Å². The zero-order valence-corrected chi connectivity index (χ0v) is 12.9. The Kier molecular flexibility index (Phi) is 4.94. The van der Waals surface area contributed by atoms with E-state index in [1.807, 2.05) is 0 Å². The Morgan fingerprint density at radius 3 is 2.48 bits per heavy atom. The lowest BCUT2D eigenvalue weighted by Crippen LogP contribution is -2.15. The number of carbonyl (C=O) groups excluding carboxylic acids is 1. The average Bonchev–Trinajstić information content (AvgIpc) is 2.64. The summed E-state index contributed by atoms with van der Waals surface area (Å²) in [5.74, 6) is -1.91. The van der Waals surface area contributed by atoms with Crippen molar-refractivity contribution in [1.82, 2.24) is 9.97 Å². The molecule has 0 saturated carbocycles. The van der Waals surface area contributed by atoms with Crippen LogP contribution in [0.5, 0.6) is 6.01 Å². The number of halogens is 2. The maximum absolute atomic E-state index is 13.8. The highest BCUT2D eigenvalue weighted by atomic mass is 19.1. The molecule has 1 amide bonds. The van der Waals surface area contributed by atoms with Gasteiger partial charge in [0.2, 0.25) is 0 Å². The first-order chi connectivity index (χ1) is 12.1. The molecule has 0 saturated heterocycles. The topological polar surface area (TPSA) is 64.1 Å². The molecule has 3 rings (SSSR count). The van der Waals surface area contributed by atoms with Gasteiger partial charge in [0, 0.05) is 5.56 Å². The van der Waals surface area contributed by atoms with Crippen LogP contribution in [0.1, 0.15) is 15.9 Å². The Labute approximate surface area is 142 Å². The molecule has 2 aromatic carbocycles. The molecule has 0 bridgehead atoms. The fourth-order valence-corrected chi connectivity index (χ4v) is 2.01. The van der Waals surface area contributed by atoms with E-state index >= 15 is 0 Å².